The van der Waals surface area contributed by atoms with Gasteiger partial charge in [-0.3, -0.25) is 0 Å². The van der Waals surface area contributed by atoms with E-state index < -0.39 is 0 Å². The van der Waals surface area contributed by atoms with E-state index in [-0.39, 0.29) is 0 Å². The van der Waals surface area contributed by atoms with E-state index in [0.717, 1.165) is 6.54 Å². The molecule has 1 nitrogen and oxygen atoms in total. The predicted molar refractivity (Wildman–Crippen MR) is 66.6 cm³/mol. The molecule has 1 aromatic carbocycles. The van der Waals surface area contributed by atoms with Crippen molar-refractivity contribution in [2.75, 3.05) is 7.05 Å². The van der Waals surface area contributed by atoms with Crippen LogP contribution in [0.1, 0.15) is 38.8 Å². The number of hydrogen-bond donors (Lipinski definition) is 1. The van der Waals surface area contributed by atoms with Crippen LogP contribution in [0.5, 0.6) is 0 Å². The number of rotatable bonds is 2. The highest BCUT2D eigenvalue weighted by Crippen LogP contribution is 2.02. The first kappa shape index (κ1) is 15.6. The maximum Gasteiger partial charge on any atom is 0.0202 e. The Bertz CT molecular complexity index is 206. The first-order valence-corrected chi connectivity index (χ1v) is 5.53. The summed E-state index contributed by atoms with van der Waals surface area (Å²) in [6.45, 7) is 11.1. The zero-order chi connectivity index (χ0) is 11.4. The maximum atomic E-state index is 3.11. The van der Waals surface area contributed by atoms with Crippen LogP contribution in [0.25, 0.3) is 0 Å². The Labute approximate surface area is 89.5 Å². The molecule has 0 atom stereocenters. The van der Waals surface area contributed by atoms with Crippen LogP contribution in [0.2, 0.25) is 0 Å². The van der Waals surface area contributed by atoms with E-state index in [1.807, 2.05) is 34.7 Å². The van der Waals surface area contributed by atoms with Crippen molar-refractivity contribution in [3.63, 3.8) is 0 Å². The third kappa shape index (κ3) is 7.81. The van der Waals surface area contributed by atoms with Gasteiger partial charge < -0.3 is 5.32 Å². The molecular formula is C13H25N. The zero-order valence-corrected chi connectivity index (χ0v) is 10.5. The number of hydrogen-bond acceptors (Lipinski definition) is 1. The molecule has 0 aliphatic rings. The van der Waals surface area contributed by atoms with Crippen molar-refractivity contribution in [2.45, 2.75) is 41.2 Å². The molecule has 0 heterocycles. The lowest BCUT2D eigenvalue weighted by Gasteiger charge is -1.99. The molecule has 0 unspecified atom stereocenters. The molecule has 1 heteroatoms. The van der Waals surface area contributed by atoms with Gasteiger partial charge in [0.25, 0.3) is 0 Å². The predicted octanol–water partition coefficient (Wildman–Crippen LogP) is 3.77. The van der Waals surface area contributed by atoms with Crippen LogP contribution < -0.4 is 5.32 Å². The van der Waals surface area contributed by atoms with Crippen LogP contribution >= 0.6 is 0 Å². The number of nitrogens with one attached hydrogen (secondary N) is 1. The van der Waals surface area contributed by atoms with Crippen LogP contribution in [0.4, 0.5) is 0 Å². The molecule has 0 fully saturated rings. The number of benzene rings is 1. The summed E-state index contributed by atoms with van der Waals surface area (Å²) < 4.78 is 0. The SMILES string of the molecule is CC.CC.CNCc1cccc(C)c1. The van der Waals surface area contributed by atoms with E-state index in [1.54, 1.807) is 0 Å². The van der Waals surface area contributed by atoms with Gasteiger partial charge in [-0.25, -0.2) is 0 Å². The summed E-state index contributed by atoms with van der Waals surface area (Å²) >= 11 is 0. The lowest BCUT2D eigenvalue weighted by atomic mass is 10.1. The van der Waals surface area contributed by atoms with Gasteiger partial charge in [0.15, 0.2) is 0 Å². The molecule has 0 aromatic heterocycles. The van der Waals surface area contributed by atoms with E-state index in [0.29, 0.717) is 0 Å². The van der Waals surface area contributed by atoms with Crippen molar-refractivity contribution in [3.05, 3.63) is 35.4 Å². The van der Waals surface area contributed by atoms with Gasteiger partial charge in [0.1, 0.15) is 0 Å². The minimum absolute atomic E-state index is 0.960. The van der Waals surface area contributed by atoms with E-state index in [1.165, 1.54) is 11.1 Å². The van der Waals surface area contributed by atoms with Crippen LogP contribution in [-0.4, -0.2) is 7.05 Å². The fourth-order valence-electron chi connectivity index (χ4n) is 1.03. The minimum atomic E-state index is 0.960. The first-order valence-electron chi connectivity index (χ1n) is 5.53. The molecule has 0 saturated heterocycles. The second kappa shape index (κ2) is 12.2. The quantitative estimate of drug-likeness (QED) is 0.757. The van der Waals surface area contributed by atoms with Gasteiger partial charge in [0.05, 0.1) is 0 Å². The van der Waals surface area contributed by atoms with Crippen molar-refractivity contribution in [1.82, 2.24) is 5.32 Å². The van der Waals surface area contributed by atoms with Crippen molar-refractivity contribution >= 4 is 0 Å². The van der Waals surface area contributed by atoms with Crippen molar-refractivity contribution < 1.29 is 0 Å². The third-order valence-electron chi connectivity index (χ3n) is 1.46. The van der Waals surface area contributed by atoms with Crippen LogP contribution in [0.3, 0.4) is 0 Å². The summed E-state index contributed by atoms with van der Waals surface area (Å²) in [6.07, 6.45) is 0. The lowest BCUT2D eigenvalue weighted by molar-refractivity contribution is 0.817. The van der Waals surface area contributed by atoms with Gasteiger partial charge in [-0.1, -0.05) is 57.5 Å². The Hall–Kier alpha value is -0.820. The van der Waals surface area contributed by atoms with Crippen LogP contribution in [0, 0.1) is 6.92 Å². The molecule has 0 radical (unpaired) electrons. The minimum Gasteiger partial charge on any atom is -0.316 e. The van der Waals surface area contributed by atoms with Gasteiger partial charge >= 0.3 is 0 Å². The standard InChI is InChI=1S/C9H13N.2C2H6/c1-8-4-3-5-9(6-8)7-10-2;2*1-2/h3-6,10H,7H2,1-2H3;2*1-2H3. The Kier molecular flexibility index (Phi) is 13.6. The van der Waals surface area contributed by atoms with Gasteiger partial charge in [0.2, 0.25) is 0 Å². The summed E-state index contributed by atoms with van der Waals surface area (Å²) in [5.41, 5.74) is 2.68. The molecule has 0 spiro atoms. The normalized spacial score (nSPS) is 7.86. The zero-order valence-electron chi connectivity index (χ0n) is 10.5. The number of aryl methyl sites for hydroxylation is 1. The first-order chi connectivity index (χ1) is 6.83. The molecular weight excluding hydrogens is 170 g/mol. The Morgan fingerprint density at radius 1 is 1.07 bits per heavy atom. The average molecular weight is 195 g/mol. The van der Waals surface area contributed by atoms with E-state index in [2.05, 4.69) is 36.5 Å². The summed E-state index contributed by atoms with van der Waals surface area (Å²) in [7, 11) is 1.96. The molecule has 14 heavy (non-hydrogen) atoms. The smallest absolute Gasteiger partial charge is 0.0202 e. The van der Waals surface area contributed by atoms with E-state index in [4.69, 9.17) is 0 Å². The Morgan fingerprint density at radius 3 is 2.07 bits per heavy atom. The summed E-state index contributed by atoms with van der Waals surface area (Å²) in [5.74, 6) is 0. The Morgan fingerprint density at radius 2 is 1.64 bits per heavy atom. The highest BCUT2D eigenvalue weighted by Gasteiger charge is 1.88. The summed E-state index contributed by atoms with van der Waals surface area (Å²) in [4.78, 5) is 0. The lowest BCUT2D eigenvalue weighted by Crippen LogP contribution is -2.04. The topological polar surface area (TPSA) is 12.0 Å². The van der Waals surface area contributed by atoms with Crippen molar-refractivity contribution in [2.24, 2.45) is 0 Å². The summed E-state index contributed by atoms with van der Waals surface area (Å²) in [6, 6.07) is 8.52. The largest absolute Gasteiger partial charge is 0.316 e. The fraction of sp³-hybridized carbons (Fsp3) is 0.538. The summed E-state index contributed by atoms with van der Waals surface area (Å²) in [5, 5.41) is 3.11. The van der Waals surface area contributed by atoms with E-state index in [9.17, 15) is 0 Å². The second-order valence-corrected chi connectivity index (χ2v) is 2.52. The van der Waals surface area contributed by atoms with Gasteiger partial charge in [0, 0.05) is 6.54 Å². The molecule has 0 bridgehead atoms. The van der Waals surface area contributed by atoms with Crippen LogP contribution in [-0.2, 0) is 6.54 Å². The van der Waals surface area contributed by atoms with E-state index >= 15 is 0 Å². The van der Waals surface area contributed by atoms with Gasteiger partial charge in [-0.05, 0) is 19.5 Å². The Balaban J connectivity index is 0. The molecule has 82 valence electrons. The highest BCUT2D eigenvalue weighted by atomic mass is 14.8. The van der Waals surface area contributed by atoms with Gasteiger partial charge in [-0.2, -0.15) is 0 Å². The molecule has 1 N–H and O–H groups in total. The highest BCUT2D eigenvalue weighted by molar-refractivity contribution is 5.21. The van der Waals surface area contributed by atoms with Crippen molar-refractivity contribution in [3.8, 4) is 0 Å². The molecule has 0 saturated carbocycles. The molecule has 0 aliphatic heterocycles. The maximum absolute atomic E-state index is 3.11. The second-order valence-electron chi connectivity index (χ2n) is 2.52. The molecule has 0 aliphatic carbocycles. The van der Waals surface area contributed by atoms with Crippen molar-refractivity contribution in [1.29, 1.82) is 0 Å². The molecule has 1 aromatic rings. The average Bonchev–Trinajstić information content (AvgIpc) is 2.24. The van der Waals surface area contributed by atoms with Gasteiger partial charge in [-0.15, -0.1) is 0 Å². The van der Waals surface area contributed by atoms with Crippen LogP contribution in [0.15, 0.2) is 24.3 Å². The fourth-order valence-corrected chi connectivity index (χ4v) is 1.03. The molecule has 0 amide bonds. The monoisotopic (exact) mass is 195 g/mol. The third-order valence-corrected chi connectivity index (χ3v) is 1.46. The molecule has 1 rings (SSSR count).